The van der Waals surface area contributed by atoms with Crippen molar-refractivity contribution in [1.29, 1.82) is 0 Å². The smallest absolute Gasteiger partial charge is 0.303 e. The molecule has 0 amide bonds. The number of carboxylic acids is 1. The highest BCUT2D eigenvalue weighted by atomic mass is 16.6. The number of hydrogen-bond acceptors (Lipinski definition) is 5. The van der Waals surface area contributed by atoms with Gasteiger partial charge in [-0.15, -0.1) is 0 Å². The number of aliphatic carboxylic acids is 1. The predicted octanol–water partition coefficient (Wildman–Crippen LogP) is 2.35. The molecule has 1 aromatic carbocycles. The van der Waals surface area contributed by atoms with Gasteiger partial charge in [0, 0.05) is 12.5 Å². The predicted molar refractivity (Wildman–Crippen MR) is 70.2 cm³/mol. The van der Waals surface area contributed by atoms with E-state index in [4.69, 9.17) is 9.84 Å². The molecule has 20 heavy (non-hydrogen) atoms. The molecule has 0 atom stereocenters. The number of nitro benzene ring substituents is 1. The van der Waals surface area contributed by atoms with Gasteiger partial charge in [0.05, 0.1) is 11.5 Å². The SMILES string of the molecule is Cc1ccc([N+](=O)[O-])c(C=O)c1OCCCCC(=O)O. The molecule has 1 aromatic rings. The number of nitrogens with zero attached hydrogens (tertiary/aromatic N) is 1. The average molecular weight is 281 g/mol. The molecule has 0 unspecified atom stereocenters. The van der Waals surface area contributed by atoms with E-state index in [1.165, 1.54) is 12.1 Å². The molecule has 1 N–H and O–H groups in total. The van der Waals surface area contributed by atoms with Crippen molar-refractivity contribution in [2.45, 2.75) is 26.2 Å². The molecule has 7 nitrogen and oxygen atoms in total. The summed E-state index contributed by atoms with van der Waals surface area (Å²) in [5.74, 6) is -0.699. The minimum absolute atomic E-state index is 0.0395. The second-order valence-electron chi connectivity index (χ2n) is 4.22. The molecule has 0 aromatic heterocycles. The van der Waals surface area contributed by atoms with Crippen LogP contribution in [0, 0.1) is 17.0 Å². The zero-order chi connectivity index (χ0) is 15.1. The maximum atomic E-state index is 11.0. The van der Waals surface area contributed by atoms with E-state index >= 15 is 0 Å². The maximum absolute atomic E-state index is 11.0. The minimum Gasteiger partial charge on any atom is -0.492 e. The molecule has 0 fully saturated rings. The standard InChI is InChI=1S/C13H15NO6/c1-9-5-6-11(14(18)19)10(8-15)13(9)20-7-3-2-4-12(16)17/h5-6,8H,2-4,7H2,1H3,(H,16,17). The molecule has 1 rings (SSSR count). The molecule has 108 valence electrons. The summed E-state index contributed by atoms with van der Waals surface area (Å²) in [7, 11) is 0. The van der Waals surface area contributed by atoms with Crippen LogP contribution in [0.3, 0.4) is 0 Å². The van der Waals surface area contributed by atoms with Gasteiger partial charge in [-0.05, 0) is 31.4 Å². The summed E-state index contributed by atoms with van der Waals surface area (Å²) in [6, 6.07) is 2.77. The van der Waals surface area contributed by atoms with Gasteiger partial charge in [-0.1, -0.05) is 0 Å². The van der Waals surface area contributed by atoms with Crippen molar-refractivity contribution in [2.24, 2.45) is 0 Å². The summed E-state index contributed by atoms with van der Waals surface area (Å²) >= 11 is 0. The van der Waals surface area contributed by atoms with Crippen molar-refractivity contribution < 1.29 is 24.4 Å². The Morgan fingerprint density at radius 3 is 2.70 bits per heavy atom. The number of unbranched alkanes of at least 4 members (excludes halogenated alkanes) is 1. The van der Waals surface area contributed by atoms with E-state index in [-0.39, 0.29) is 30.0 Å². The topological polar surface area (TPSA) is 107 Å². The molecular formula is C13H15NO6. The van der Waals surface area contributed by atoms with Crippen LogP contribution in [-0.4, -0.2) is 28.9 Å². The van der Waals surface area contributed by atoms with Gasteiger partial charge in [0.15, 0.2) is 6.29 Å². The van der Waals surface area contributed by atoms with Crippen LogP contribution in [0.1, 0.15) is 35.2 Å². The number of carbonyl (C=O) groups excluding carboxylic acids is 1. The van der Waals surface area contributed by atoms with E-state index in [2.05, 4.69) is 0 Å². The number of rotatable bonds is 8. The molecule has 0 heterocycles. The molecule has 0 saturated carbocycles. The Balaban J connectivity index is 2.78. The Hall–Kier alpha value is -2.44. The van der Waals surface area contributed by atoms with Gasteiger partial charge in [-0.25, -0.2) is 0 Å². The normalized spacial score (nSPS) is 10.1. The first-order valence-corrected chi connectivity index (χ1v) is 6.05. The highest BCUT2D eigenvalue weighted by molar-refractivity contribution is 5.86. The van der Waals surface area contributed by atoms with Crippen molar-refractivity contribution in [3.05, 3.63) is 33.4 Å². The molecule has 0 aliphatic heterocycles. The number of nitro groups is 1. The highest BCUT2D eigenvalue weighted by Crippen LogP contribution is 2.30. The highest BCUT2D eigenvalue weighted by Gasteiger charge is 2.20. The van der Waals surface area contributed by atoms with Crippen molar-refractivity contribution in [1.82, 2.24) is 0 Å². The summed E-state index contributed by atoms with van der Waals surface area (Å²) in [5.41, 5.74) is 0.232. The average Bonchev–Trinajstić information content (AvgIpc) is 2.38. The molecule has 0 saturated heterocycles. The van der Waals surface area contributed by atoms with Crippen LogP contribution in [0.2, 0.25) is 0 Å². The van der Waals surface area contributed by atoms with Crippen molar-refractivity contribution >= 4 is 17.9 Å². The molecule has 0 spiro atoms. The van der Waals surface area contributed by atoms with Gasteiger partial charge >= 0.3 is 5.97 Å². The van der Waals surface area contributed by atoms with Crippen molar-refractivity contribution in [2.75, 3.05) is 6.61 Å². The van der Waals surface area contributed by atoms with Gasteiger partial charge in [0.2, 0.25) is 0 Å². The maximum Gasteiger partial charge on any atom is 0.303 e. The molecule has 0 bridgehead atoms. The monoisotopic (exact) mass is 281 g/mol. The van der Waals surface area contributed by atoms with Gasteiger partial charge in [-0.2, -0.15) is 0 Å². The summed E-state index contributed by atoms with van der Waals surface area (Å²) in [4.78, 5) is 31.5. The van der Waals surface area contributed by atoms with E-state index in [9.17, 15) is 19.7 Å². The number of aryl methyl sites for hydroxylation is 1. The fourth-order valence-corrected chi connectivity index (χ4v) is 1.72. The van der Waals surface area contributed by atoms with E-state index in [0.29, 0.717) is 24.7 Å². The first kappa shape index (κ1) is 15.6. The Morgan fingerprint density at radius 1 is 1.45 bits per heavy atom. The Kier molecular flexibility index (Phi) is 5.64. The third kappa shape index (κ3) is 4.04. The quantitative estimate of drug-likeness (QED) is 0.339. The number of aldehydes is 1. The zero-order valence-corrected chi connectivity index (χ0v) is 11.0. The molecular weight excluding hydrogens is 266 g/mol. The first-order chi connectivity index (χ1) is 9.47. The van der Waals surface area contributed by atoms with Crippen LogP contribution in [0.15, 0.2) is 12.1 Å². The third-order valence-electron chi connectivity index (χ3n) is 2.72. The fraction of sp³-hybridized carbons (Fsp3) is 0.385. The summed E-state index contributed by atoms with van der Waals surface area (Å²) in [5, 5.41) is 19.3. The number of benzene rings is 1. The molecule has 0 aliphatic rings. The number of ether oxygens (including phenoxy) is 1. The lowest BCUT2D eigenvalue weighted by atomic mass is 10.1. The molecule has 7 heteroatoms. The Bertz CT molecular complexity index is 526. The number of hydrogen-bond donors (Lipinski definition) is 1. The van der Waals surface area contributed by atoms with Crippen LogP contribution < -0.4 is 4.74 Å². The fourth-order valence-electron chi connectivity index (χ4n) is 1.72. The van der Waals surface area contributed by atoms with Crippen LogP contribution in [0.5, 0.6) is 5.75 Å². The van der Waals surface area contributed by atoms with Gasteiger partial charge in [0.1, 0.15) is 11.3 Å². The van der Waals surface area contributed by atoms with E-state index in [0.717, 1.165) is 0 Å². The van der Waals surface area contributed by atoms with Crippen molar-refractivity contribution in [3.63, 3.8) is 0 Å². The lowest BCUT2D eigenvalue weighted by molar-refractivity contribution is -0.385. The number of carboxylic acid groups (broad SMARTS) is 1. The van der Waals surface area contributed by atoms with Gasteiger partial charge < -0.3 is 9.84 Å². The minimum atomic E-state index is -0.884. The van der Waals surface area contributed by atoms with Crippen LogP contribution in [0.25, 0.3) is 0 Å². The third-order valence-corrected chi connectivity index (χ3v) is 2.72. The zero-order valence-electron chi connectivity index (χ0n) is 11.0. The van der Waals surface area contributed by atoms with Crippen molar-refractivity contribution in [3.8, 4) is 5.75 Å². The Morgan fingerprint density at radius 2 is 2.15 bits per heavy atom. The van der Waals surface area contributed by atoms with Gasteiger partial charge in [-0.3, -0.25) is 19.7 Å². The first-order valence-electron chi connectivity index (χ1n) is 6.05. The second kappa shape index (κ2) is 7.22. The lowest BCUT2D eigenvalue weighted by Crippen LogP contribution is -2.05. The summed E-state index contributed by atoms with van der Waals surface area (Å²) < 4.78 is 5.40. The van der Waals surface area contributed by atoms with E-state index in [1.54, 1.807) is 6.92 Å². The summed E-state index contributed by atoms with van der Waals surface area (Å²) in [6.07, 6.45) is 1.38. The largest absolute Gasteiger partial charge is 0.492 e. The second-order valence-corrected chi connectivity index (χ2v) is 4.22. The van der Waals surface area contributed by atoms with E-state index < -0.39 is 10.9 Å². The number of carbonyl (C=O) groups is 2. The summed E-state index contributed by atoms with van der Waals surface area (Å²) in [6.45, 7) is 1.89. The van der Waals surface area contributed by atoms with Crippen LogP contribution in [0.4, 0.5) is 5.69 Å². The van der Waals surface area contributed by atoms with Crippen LogP contribution in [-0.2, 0) is 4.79 Å². The lowest BCUT2D eigenvalue weighted by Gasteiger charge is -2.11. The van der Waals surface area contributed by atoms with Gasteiger partial charge in [0.25, 0.3) is 5.69 Å². The van der Waals surface area contributed by atoms with E-state index in [1.807, 2.05) is 0 Å². The molecule has 0 radical (unpaired) electrons. The Labute approximate surface area is 115 Å². The molecule has 0 aliphatic carbocycles. The van der Waals surface area contributed by atoms with Crippen LogP contribution >= 0.6 is 0 Å².